The molecule has 0 radical (unpaired) electrons. The molecule has 1 amide bonds. The highest BCUT2D eigenvalue weighted by Gasteiger charge is 2.30. The Kier molecular flexibility index (Phi) is 5.61. The number of nitro groups is 1. The van der Waals surface area contributed by atoms with E-state index in [9.17, 15) is 19.3 Å². The van der Waals surface area contributed by atoms with Gasteiger partial charge in [0.25, 0.3) is 11.6 Å². The highest BCUT2D eigenvalue weighted by molar-refractivity contribution is 5.91. The molecule has 2 fully saturated rings. The van der Waals surface area contributed by atoms with Crippen LogP contribution in [0, 0.1) is 15.9 Å². The van der Waals surface area contributed by atoms with Crippen LogP contribution in [0.15, 0.2) is 34.9 Å². The Morgan fingerprint density at radius 3 is 2.57 bits per heavy atom. The first-order valence-electron chi connectivity index (χ1n) is 10.3. The van der Waals surface area contributed by atoms with Gasteiger partial charge < -0.3 is 19.1 Å². The summed E-state index contributed by atoms with van der Waals surface area (Å²) in [5.41, 5.74) is 0.572. The van der Waals surface area contributed by atoms with Crippen LogP contribution in [0.5, 0.6) is 0 Å². The van der Waals surface area contributed by atoms with Gasteiger partial charge in [-0.05, 0) is 44.4 Å². The first-order chi connectivity index (χ1) is 14.5. The molecule has 0 saturated carbocycles. The van der Waals surface area contributed by atoms with E-state index in [1.54, 1.807) is 23.1 Å². The summed E-state index contributed by atoms with van der Waals surface area (Å²) in [7, 11) is 0. The normalized spacial score (nSPS) is 19.8. The standard InChI is InChI=1S/C21H25FN4O4/c1-15-5-2-3-7-25(15)17-14-18(19(26(28)29)13-16(17)22)23-8-10-24(11-9-23)21(27)20-6-4-12-30-20/h4,6,12-15H,2-3,5,7-11H2,1H3/t15-/m1/s1. The molecule has 0 aliphatic carbocycles. The van der Waals surface area contributed by atoms with Crippen molar-refractivity contribution in [3.63, 3.8) is 0 Å². The monoisotopic (exact) mass is 416 g/mol. The predicted octanol–water partition coefficient (Wildman–Crippen LogP) is 3.67. The molecule has 3 heterocycles. The number of piperazine rings is 1. The van der Waals surface area contributed by atoms with Gasteiger partial charge in [-0.3, -0.25) is 14.9 Å². The lowest BCUT2D eigenvalue weighted by molar-refractivity contribution is -0.384. The number of piperidine rings is 1. The summed E-state index contributed by atoms with van der Waals surface area (Å²) in [5.74, 6) is -0.487. The van der Waals surface area contributed by atoms with Crippen LogP contribution < -0.4 is 9.80 Å². The first kappa shape index (κ1) is 20.2. The van der Waals surface area contributed by atoms with Gasteiger partial charge in [-0.2, -0.15) is 0 Å². The van der Waals surface area contributed by atoms with Gasteiger partial charge in [0.05, 0.1) is 22.9 Å². The number of nitro benzene ring substituents is 1. The second-order valence-electron chi connectivity index (χ2n) is 7.84. The molecule has 1 atom stereocenters. The maximum absolute atomic E-state index is 14.8. The third-order valence-corrected chi connectivity index (χ3v) is 5.99. The number of rotatable bonds is 4. The van der Waals surface area contributed by atoms with Crippen molar-refractivity contribution in [1.82, 2.24) is 4.90 Å². The highest BCUT2D eigenvalue weighted by Crippen LogP contribution is 2.37. The molecule has 4 rings (SSSR count). The van der Waals surface area contributed by atoms with E-state index in [2.05, 4.69) is 6.92 Å². The molecule has 2 aliphatic heterocycles. The van der Waals surface area contributed by atoms with E-state index in [0.717, 1.165) is 31.9 Å². The van der Waals surface area contributed by atoms with Crippen molar-refractivity contribution in [3.8, 4) is 0 Å². The average molecular weight is 416 g/mol. The van der Waals surface area contributed by atoms with E-state index in [1.165, 1.54) is 6.26 Å². The fourth-order valence-corrected chi connectivity index (χ4v) is 4.32. The zero-order chi connectivity index (χ0) is 21.3. The lowest BCUT2D eigenvalue weighted by Gasteiger charge is -2.38. The fraction of sp³-hybridized carbons (Fsp3) is 0.476. The van der Waals surface area contributed by atoms with Gasteiger partial charge in [-0.25, -0.2) is 4.39 Å². The van der Waals surface area contributed by atoms with Crippen molar-refractivity contribution in [3.05, 3.63) is 52.2 Å². The van der Waals surface area contributed by atoms with Crippen molar-refractivity contribution in [1.29, 1.82) is 0 Å². The average Bonchev–Trinajstić information content (AvgIpc) is 3.29. The van der Waals surface area contributed by atoms with Crippen LogP contribution in [0.3, 0.4) is 0 Å². The Morgan fingerprint density at radius 2 is 1.93 bits per heavy atom. The fourth-order valence-electron chi connectivity index (χ4n) is 4.32. The maximum Gasteiger partial charge on any atom is 0.295 e. The third kappa shape index (κ3) is 3.83. The highest BCUT2D eigenvalue weighted by atomic mass is 19.1. The van der Waals surface area contributed by atoms with E-state index in [4.69, 9.17) is 4.42 Å². The van der Waals surface area contributed by atoms with Crippen molar-refractivity contribution in [2.45, 2.75) is 32.2 Å². The van der Waals surface area contributed by atoms with Crippen molar-refractivity contribution in [2.75, 3.05) is 42.5 Å². The van der Waals surface area contributed by atoms with Crippen molar-refractivity contribution in [2.24, 2.45) is 0 Å². The van der Waals surface area contributed by atoms with Crippen LogP contribution in [-0.2, 0) is 0 Å². The molecular weight excluding hydrogens is 391 g/mol. The van der Waals surface area contributed by atoms with Gasteiger partial charge in [0.1, 0.15) is 5.69 Å². The number of halogens is 1. The molecule has 2 aliphatic rings. The summed E-state index contributed by atoms with van der Waals surface area (Å²) < 4.78 is 20.0. The number of furan rings is 1. The van der Waals surface area contributed by atoms with Crippen LogP contribution in [0.4, 0.5) is 21.5 Å². The number of carbonyl (C=O) groups is 1. The van der Waals surface area contributed by atoms with Crippen molar-refractivity contribution < 1.29 is 18.5 Å². The van der Waals surface area contributed by atoms with E-state index in [1.807, 2.05) is 9.80 Å². The van der Waals surface area contributed by atoms with E-state index in [-0.39, 0.29) is 23.4 Å². The number of hydrogen-bond acceptors (Lipinski definition) is 6. The molecule has 0 bridgehead atoms. The van der Waals surface area contributed by atoms with Gasteiger partial charge in [-0.1, -0.05) is 0 Å². The summed E-state index contributed by atoms with van der Waals surface area (Å²) in [6.45, 7) is 4.45. The second kappa shape index (κ2) is 8.33. The lowest BCUT2D eigenvalue weighted by Crippen LogP contribution is -2.49. The molecule has 8 nitrogen and oxygen atoms in total. The summed E-state index contributed by atoms with van der Waals surface area (Å²) in [4.78, 5) is 29.1. The molecule has 9 heteroatoms. The lowest BCUT2D eigenvalue weighted by atomic mass is 10.0. The van der Waals surface area contributed by atoms with Gasteiger partial charge in [-0.15, -0.1) is 0 Å². The van der Waals surface area contributed by atoms with Crippen LogP contribution in [-0.4, -0.2) is 54.5 Å². The largest absolute Gasteiger partial charge is 0.459 e. The maximum atomic E-state index is 14.8. The van der Waals surface area contributed by atoms with Crippen LogP contribution in [0.2, 0.25) is 0 Å². The number of nitrogens with zero attached hydrogens (tertiary/aromatic N) is 4. The zero-order valence-corrected chi connectivity index (χ0v) is 16.9. The summed E-state index contributed by atoms with van der Waals surface area (Å²) >= 11 is 0. The molecule has 0 spiro atoms. The number of anilines is 2. The number of carbonyl (C=O) groups excluding carboxylic acids is 1. The Bertz CT molecular complexity index is 925. The topological polar surface area (TPSA) is 83.1 Å². The third-order valence-electron chi connectivity index (χ3n) is 5.99. The summed E-state index contributed by atoms with van der Waals surface area (Å²) in [5, 5.41) is 11.6. The SMILES string of the molecule is C[C@@H]1CCCCN1c1cc(N2CCN(C(=O)c3ccco3)CC2)c([N+](=O)[O-])cc1F. The summed E-state index contributed by atoms with van der Waals surface area (Å²) in [6.07, 6.45) is 4.50. The molecule has 0 unspecified atom stereocenters. The Morgan fingerprint density at radius 1 is 1.17 bits per heavy atom. The van der Waals surface area contributed by atoms with Gasteiger partial charge in [0.15, 0.2) is 11.6 Å². The molecule has 1 aromatic heterocycles. The smallest absolute Gasteiger partial charge is 0.295 e. The minimum absolute atomic E-state index is 0.185. The molecule has 2 saturated heterocycles. The quantitative estimate of drug-likeness (QED) is 0.559. The van der Waals surface area contributed by atoms with Gasteiger partial charge in [0.2, 0.25) is 0 Å². The minimum Gasteiger partial charge on any atom is -0.459 e. The molecule has 160 valence electrons. The number of amides is 1. The first-order valence-corrected chi connectivity index (χ1v) is 10.3. The Hall–Kier alpha value is -3.10. The van der Waals surface area contributed by atoms with Crippen LogP contribution in [0.25, 0.3) is 0 Å². The van der Waals surface area contributed by atoms with Crippen LogP contribution >= 0.6 is 0 Å². The Balaban J connectivity index is 1.57. The van der Waals surface area contributed by atoms with E-state index in [0.29, 0.717) is 37.6 Å². The minimum atomic E-state index is -0.564. The predicted molar refractivity (Wildman–Crippen MR) is 111 cm³/mol. The van der Waals surface area contributed by atoms with E-state index < -0.39 is 10.7 Å². The van der Waals surface area contributed by atoms with Crippen LogP contribution in [0.1, 0.15) is 36.7 Å². The molecule has 30 heavy (non-hydrogen) atoms. The van der Waals surface area contributed by atoms with Gasteiger partial charge >= 0.3 is 0 Å². The molecular formula is C21H25FN4O4. The van der Waals surface area contributed by atoms with Gasteiger partial charge in [0, 0.05) is 38.8 Å². The Labute approximate surface area is 174 Å². The molecule has 2 aromatic rings. The number of hydrogen-bond donors (Lipinski definition) is 0. The molecule has 1 aromatic carbocycles. The zero-order valence-electron chi connectivity index (χ0n) is 16.9. The van der Waals surface area contributed by atoms with Crippen molar-refractivity contribution >= 4 is 23.0 Å². The van der Waals surface area contributed by atoms with E-state index >= 15 is 0 Å². The molecule has 0 N–H and O–H groups in total. The number of benzene rings is 1. The second-order valence-corrected chi connectivity index (χ2v) is 7.84. The summed E-state index contributed by atoms with van der Waals surface area (Å²) in [6, 6.07) is 6.11.